The van der Waals surface area contributed by atoms with Crippen molar-refractivity contribution in [3.63, 3.8) is 0 Å². The van der Waals surface area contributed by atoms with Crippen LogP contribution in [0.3, 0.4) is 0 Å². The van der Waals surface area contributed by atoms with Gasteiger partial charge in [-0.15, -0.1) is 0 Å². The average Bonchev–Trinajstić information content (AvgIpc) is 2.32. The van der Waals surface area contributed by atoms with Gasteiger partial charge in [-0.3, -0.25) is 14.5 Å². The van der Waals surface area contributed by atoms with Gasteiger partial charge in [0.25, 0.3) is 0 Å². The van der Waals surface area contributed by atoms with Crippen molar-refractivity contribution >= 4 is 11.9 Å². The van der Waals surface area contributed by atoms with E-state index < -0.39 is 0 Å². The van der Waals surface area contributed by atoms with Gasteiger partial charge >= 0.3 is 5.97 Å². The maximum Gasteiger partial charge on any atom is 0.306 e. The monoisotopic (exact) mass is 256 g/mol. The summed E-state index contributed by atoms with van der Waals surface area (Å²) in [5.74, 6) is -0.240. The predicted octanol–water partition coefficient (Wildman–Crippen LogP) is 0.881. The van der Waals surface area contributed by atoms with Gasteiger partial charge in [-0.25, -0.2) is 0 Å². The van der Waals surface area contributed by atoms with Crippen molar-refractivity contribution in [2.24, 2.45) is 0 Å². The van der Waals surface area contributed by atoms with E-state index in [2.05, 4.69) is 25.8 Å². The van der Waals surface area contributed by atoms with E-state index in [4.69, 9.17) is 4.74 Å². The molecule has 2 atom stereocenters. The highest BCUT2D eigenvalue weighted by atomic mass is 16.5. The molecule has 1 rings (SSSR count). The normalized spacial score (nSPS) is 25.0. The average molecular weight is 256 g/mol. The van der Waals surface area contributed by atoms with Crippen LogP contribution in [0.2, 0.25) is 0 Å². The highest BCUT2D eigenvalue weighted by molar-refractivity contribution is 5.81. The number of hydrogen-bond acceptors (Lipinski definition) is 4. The van der Waals surface area contributed by atoms with E-state index in [-0.39, 0.29) is 24.7 Å². The molecule has 1 amide bonds. The van der Waals surface area contributed by atoms with E-state index in [9.17, 15) is 9.59 Å². The lowest BCUT2D eigenvalue weighted by molar-refractivity contribution is -0.146. The predicted molar refractivity (Wildman–Crippen MR) is 69.1 cm³/mol. The fourth-order valence-electron chi connectivity index (χ4n) is 2.21. The van der Waals surface area contributed by atoms with Gasteiger partial charge in [-0.1, -0.05) is 0 Å². The summed E-state index contributed by atoms with van der Waals surface area (Å²) in [6.07, 6.45) is 0.434. The lowest BCUT2D eigenvalue weighted by Gasteiger charge is -2.42. The van der Waals surface area contributed by atoms with Crippen molar-refractivity contribution in [2.75, 3.05) is 26.7 Å². The van der Waals surface area contributed by atoms with Gasteiger partial charge in [0.2, 0.25) is 5.91 Å². The van der Waals surface area contributed by atoms with Gasteiger partial charge in [0, 0.05) is 31.6 Å². The summed E-state index contributed by atoms with van der Waals surface area (Å²) in [5, 5.41) is 0. The molecule has 0 aromatic rings. The minimum atomic E-state index is -0.291. The molecule has 2 unspecified atom stereocenters. The van der Waals surface area contributed by atoms with Crippen LogP contribution in [0.15, 0.2) is 0 Å². The zero-order chi connectivity index (χ0) is 13.7. The maximum atomic E-state index is 12.0. The third kappa shape index (κ3) is 3.98. The molecule has 0 radical (unpaired) electrons. The van der Waals surface area contributed by atoms with Gasteiger partial charge in [0.05, 0.1) is 13.0 Å². The van der Waals surface area contributed by atoms with Gasteiger partial charge in [0.1, 0.15) is 0 Å². The second kappa shape index (κ2) is 6.73. The minimum absolute atomic E-state index is 0.0508. The third-order valence-electron chi connectivity index (χ3n) is 3.56. The molecule has 5 nitrogen and oxygen atoms in total. The van der Waals surface area contributed by atoms with Crippen molar-refractivity contribution < 1.29 is 14.3 Å². The van der Waals surface area contributed by atoms with Crippen LogP contribution in [0.25, 0.3) is 0 Å². The number of likely N-dealkylation sites (N-methyl/N-ethyl adjacent to an activating group) is 1. The summed E-state index contributed by atoms with van der Waals surface area (Å²) in [4.78, 5) is 27.3. The van der Waals surface area contributed by atoms with E-state index in [1.165, 1.54) is 0 Å². The number of hydrogen-bond donors (Lipinski definition) is 0. The molecule has 1 saturated heterocycles. The molecule has 1 fully saturated rings. The van der Waals surface area contributed by atoms with Crippen molar-refractivity contribution in [1.29, 1.82) is 0 Å². The van der Waals surface area contributed by atoms with Crippen LogP contribution >= 0.6 is 0 Å². The van der Waals surface area contributed by atoms with E-state index in [0.29, 0.717) is 18.7 Å². The smallest absolute Gasteiger partial charge is 0.306 e. The molecule has 1 aliphatic heterocycles. The summed E-state index contributed by atoms with van der Waals surface area (Å²) in [6.45, 7) is 7.84. The van der Waals surface area contributed by atoms with Crippen molar-refractivity contribution in [2.45, 2.75) is 45.7 Å². The Bertz CT molecular complexity index is 295. The first kappa shape index (κ1) is 15.0. The highest BCUT2D eigenvalue weighted by Crippen LogP contribution is 2.14. The maximum absolute atomic E-state index is 12.0. The zero-order valence-corrected chi connectivity index (χ0v) is 11.8. The lowest BCUT2D eigenvalue weighted by atomic mass is 10.1. The number of carbonyl (C=O) groups is 2. The zero-order valence-electron chi connectivity index (χ0n) is 11.8. The Morgan fingerprint density at radius 2 is 1.72 bits per heavy atom. The number of esters is 1. The number of rotatable bonds is 4. The Balaban J connectivity index is 2.40. The van der Waals surface area contributed by atoms with Gasteiger partial charge in [-0.2, -0.15) is 0 Å². The Hall–Kier alpha value is -1.10. The molecule has 1 heterocycles. The Morgan fingerprint density at radius 1 is 1.17 bits per heavy atom. The van der Waals surface area contributed by atoms with Crippen LogP contribution in [0, 0.1) is 0 Å². The molecule has 0 N–H and O–H groups in total. The van der Waals surface area contributed by atoms with Crippen LogP contribution in [0.4, 0.5) is 0 Å². The number of piperazine rings is 1. The topological polar surface area (TPSA) is 49.9 Å². The van der Waals surface area contributed by atoms with E-state index in [1.54, 1.807) is 6.92 Å². The highest BCUT2D eigenvalue weighted by Gasteiger charge is 2.29. The Kier molecular flexibility index (Phi) is 5.59. The van der Waals surface area contributed by atoms with Crippen LogP contribution < -0.4 is 0 Å². The third-order valence-corrected chi connectivity index (χ3v) is 3.56. The van der Waals surface area contributed by atoms with Gasteiger partial charge in [0.15, 0.2) is 0 Å². The van der Waals surface area contributed by atoms with Crippen LogP contribution in [-0.2, 0) is 14.3 Å². The number of carbonyl (C=O) groups excluding carboxylic acids is 2. The van der Waals surface area contributed by atoms with E-state index in [1.807, 2.05) is 4.90 Å². The molecule has 5 heteroatoms. The van der Waals surface area contributed by atoms with E-state index in [0.717, 1.165) is 13.1 Å². The van der Waals surface area contributed by atoms with Crippen LogP contribution in [-0.4, -0.2) is 60.5 Å². The fourth-order valence-corrected chi connectivity index (χ4v) is 2.21. The molecule has 0 aromatic heterocycles. The first-order chi connectivity index (χ1) is 8.45. The van der Waals surface area contributed by atoms with Gasteiger partial charge in [-0.05, 0) is 27.8 Å². The first-order valence-electron chi connectivity index (χ1n) is 6.61. The second-order valence-electron chi connectivity index (χ2n) is 4.97. The Morgan fingerprint density at radius 3 is 2.22 bits per heavy atom. The van der Waals surface area contributed by atoms with Crippen LogP contribution in [0.1, 0.15) is 33.6 Å². The minimum Gasteiger partial charge on any atom is -0.466 e. The molecular weight excluding hydrogens is 232 g/mol. The molecule has 0 aromatic carbocycles. The molecule has 0 saturated carbocycles. The quantitative estimate of drug-likeness (QED) is 0.701. The molecule has 0 aliphatic carbocycles. The Labute approximate surface area is 109 Å². The van der Waals surface area contributed by atoms with Crippen molar-refractivity contribution in [1.82, 2.24) is 9.80 Å². The summed E-state index contributed by atoms with van der Waals surface area (Å²) >= 11 is 0. The number of ether oxygens (including phenoxy) is 1. The standard InChI is InChI=1S/C13H24N2O3/c1-5-18-13(17)7-6-12(16)15-8-10(2)14(4)11(3)9-15/h10-11H,5-9H2,1-4H3. The number of nitrogens with zero attached hydrogens (tertiary/aromatic N) is 2. The largest absolute Gasteiger partial charge is 0.466 e. The van der Waals surface area contributed by atoms with Crippen molar-refractivity contribution in [3.8, 4) is 0 Å². The van der Waals surface area contributed by atoms with Gasteiger partial charge < -0.3 is 9.64 Å². The summed E-state index contributed by atoms with van der Waals surface area (Å²) in [5.41, 5.74) is 0. The molecule has 0 spiro atoms. The lowest BCUT2D eigenvalue weighted by Crippen LogP contribution is -2.56. The number of amides is 1. The van der Waals surface area contributed by atoms with E-state index >= 15 is 0 Å². The summed E-state index contributed by atoms with van der Waals surface area (Å²) in [7, 11) is 2.08. The molecular formula is C13H24N2O3. The first-order valence-corrected chi connectivity index (χ1v) is 6.61. The summed E-state index contributed by atoms with van der Waals surface area (Å²) < 4.78 is 4.82. The SMILES string of the molecule is CCOC(=O)CCC(=O)N1CC(C)N(C)C(C)C1. The van der Waals surface area contributed by atoms with Crippen LogP contribution in [0.5, 0.6) is 0 Å². The fraction of sp³-hybridized carbons (Fsp3) is 0.846. The molecule has 0 bridgehead atoms. The molecule has 104 valence electrons. The van der Waals surface area contributed by atoms with Crippen molar-refractivity contribution in [3.05, 3.63) is 0 Å². The molecule has 18 heavy (non-hydrogen) atoms. The molecule has 1 aliphatic rings. The second-order valence-corrected chi connectivity index (χ2v) is 4.97. The summed E-state index contributed by atoms with van der Waals surface area (Å²) in [6, 6.07) is 0.723.